The van der Waals surface area contributed by atoms with Gasteiger partial charge in [-0.15, -0.1) is 11.3 Å². The molecule has 144 valence electrons. The number of rotatable bonds is 5. The van der Waals surface area contributed by atoms with E-state index in [0.29, 0.717) is 28.4 Å². The van der Waals surface area contributed by atoms with E-state index in [0.717, 1.165) is 25.7 Å². The third-order valence-corrected chi connectivity index (χ3v) is 5.57. The second-order valence-corrected chi connectivity index (χ2v) is 7.50. The van der Waals surface area contributed by atoms with Gasteiger partial charge in [-0.1, -0.05) is 13.2 Å². The zero-order valence-corrected chi connectivity index (χ0v) is 17.0. The van der Waals surface area contributed by atoms with Crippen LogP contribution in [0, 0.1) is 6.92 Å². The number of hydrogen-bond acceptors (Lipinski definition) is 6. The Morgan fingerprint density at radius 1 is 0.857 bits per heavy atom. The van der Waals surface area contributed by atoms with E-state index in [2.05, 4.69) is 13.2 Å². The van der Waals surface area contributed by atoms with Gasteiger partial charge in [-0.05, 0) is 45.0 Å². The number of carbonyl (C=O) groups is 2. The lowest BCUT2D eigenvalue weighted by Gasteiger charge is -2.10. The maximum atomic E-state index is 11.9. The zero-order valence-electron chi connectivity index (χ0n) is 16.2. The molecule has 0 atom stereocenters. The fraction of sp³-hybridized carbons (Fsp3) is 0.182. The van der Waals surface area contributed by atoms with Crippen molar-refractivity contribution in [3.05, 3.63) is 54.1 Å². The summed E-state index contributed by atoms with van der Waals surface area (Å²) >= 11 is 1.49. The first-order chi connectivity index (χ1) is 13.2. The normalized spacial score (nSPS) is 10.7. The molecule has 0 spiro atoms. The van der Waals surface area contributed by atoms with Crippen LogP contribution in [0.1, 0.15) is 19.4 Å². The highest BCUT2D eigenvalue weighted by Crippen LogP contribution is 2.46. The van der Waals surface area contributed by atoms with Crippen LogP contribution in [-0.2, 0) is 9.59 Å². The monoisotopic (exact) mass is 396 g/mol. The maximum absolute atomic E-state index is 11.9. The average molecular weight is 396 g/mol. The molecule has 0 unspecified atom stereocenters. The summed E-state index contributed by atoms with van der Waals surface area (Å²) in [4.78, 5) is 23.8. The lowest BCUT2D eigenvalue weighted by atomic mass is 10.1. The number of methoxy groups -OCH3 is 1. The van der Waals surface area contributed by atoms with Crippen LogP contribution in [0.3, 0.4) is 0 Å². The smallest absolute Gasteiger partial charge is 0.338 e. The van der Waals surface area contributed by atoms with Gasteiger partial charge in [-0.25, -0.2) is 9.59 Å². The van der Waals surface area contributed by atoms with E-state index >= 15 is 0 Å². The molecular weight excluding hydrogens is 376 g/mol. The first kappa shape index (κ1) is 19.6. The Bertz CT molecular complexity index is 1150. The molecule has 0 saturated carbocycles. The van der Waals surface area contributed by atoms with Crippen LogP contribution in [0.4, 0.5) is 0 Å². The Morgan fingerprint density at radius 2 is 1.36 bits per heavy atom. The van der Waals surface area contributed by atoms with Crippen LogP contribution in [0.2, 0.25) is 0 Å². The molecule has 1 heterocycles. The largest absolute Gasteiger partial charge is 0.491 e. The molecule has 0 amide bonds. The lowest BCUT2D eigenvalue weighted by Crippen LogP contribution is -2.09. The highest BCUT2D eigenvalue weighted by molar-refractivity contribution is 7.26. The predicted molar refractivity (Wildman–Crippen MR) is 112 cm³/mol. The van der Waals surface area contributed by atoms with E-state index < -0.39 is 11.9 Å². The molecule has 0 N–H and O–H groups in total. The Hall–Kier alpha value is -3.12. The summed E-state index contributed by atoms with van der Waals surface area (Å²) in [7, 11) is 1.53. The average Bonchev–Trinajstić information content (AvgIpc) is 3.03. The first-order valence-corrected chi connectivity index (χ1v) is 9.34. The van der Waals surface area contributed by atoms with E-state index in [1.54, 1.807) is 26.0 Å². The molecule has 0 aliphatic rings. The van der Waals surface area contributed by atoms with Crippen molar-refractivity contribution in [1.29, 1.82) is 0 Å². The summed E-state index contributed by atoms with van der Waals surface area (Å²) in [6, 6.07) is 7.27. The summed E-state index contributed by atoms with van der Waals surface area (Å²) in [5.41, 5.74) is 1.48. The Morgan fingerprint density at radius 3 is 1.89 bits per heavy atom. The van der Waals surface area contributed by atoms with Crippen molar-refractivity contribution in [2.24, 2.45) is 0 Å². The van der Waals surface area contributed by atoms with Gasteiger partial charge in [0.15, 0.2) is 11.5 Å². The molecule has 5 nitrogen and oxygen atoms in total. The van der Waals surface area contributed by atoms with Gasteiger partial charge in [0.05, 0.1) is 11.8 Å². The first-order valence-electron chi connectivity index (χ1n) is 8.52. The number of esters is 2. The summed E-state index contributed by atoms with van der Waals surface area (Å²) in [5.74, 6) is 0.327. The highest BCUT2D eigenvalue weighted by atomic mass is 32.1. The van der Waals surface area contributed by atoms with Crippen LogP contribution >= 0.6 is 11.3 Å². The molecule has 1 aromatic heterocycles. The quantitative estimate of drug-likeness (QED) is 0.331. The van der Waals surface area contributed by atoms with Crippen LogP contribution in [0.25, 0.3) is 20.2 Å². The molecule has 0 aliphatic carbocycles. The Balaban J connectivity index is 2.16. The number of benzene rings is 2. The van der Waals surface area contributed by atoms with E-state index in [1.165, 1.54) is 18.4 Å². The molecule has 0 bridgehead atoms. The van der Waals surface area contributed by atoms with Crippen molar-refractivity contribution in [1.82, 2.24) is 0 Å². The van der Waals surface area contributed by atoms with Crippen LogP contribution in [0.5, 0.6) is 17.2 Å². The van der Waals surface area contributed by atoms with E-state index in [4.69, 9.17) is 14.2 Å². The molecule has 3 rings (SSSR count). The van der Waals surface area contributed by atoms with Gasteiger partial charge >= 0.3 is 11.9 Å². The summed E-state index contributed by atoms with van der Waals surface area (Å²) in [5, 5.41) is 1.97. The third kappa shape index (κ3) is 3.39. The molecule has 0 aliphatic heterocycles. The molecule has 28 heavy (non-hydrogen) atoms. The van der Waals surface area contributed by atoms with Gasteiger partial charge in [0.2, 0.25) is 0 Å². The van der Waals surface area contributed by atoms with Crippen LogP contribution in [-0.4, -0.2) is 19.0 Å². The fourth-order valence-electron chi connectivity index (χ4n) is 2.74. The van der Waals surface area contributed by atoms with Crippen molar-refractivity contribution in [3.8, 4) is 17.2 Å². The second kappa shape index (κ2) is 7.48. The van der Waals surface area contributed by atoms with Crippen molar-refractivity contribution >= 4 is 43.4 Å². The summed E-state index contributed by atoms with van der Waals surface area (Å²) in [6.07, 6.45) is 0. The van der Waals surface area contributed by atoms with Gasteiger partial charge in [0, 0.05) is 32.2 Å². The van der Waals surface area contributed by atoms with Gasteiger partial charge < -0.3 is 14.2 Å². The third-order valence-electron chi connectivity index (χ3n) is 4.23. The second-order valence-electron chi connectivity index (χ2n) is 6.48. The minimum atomic E-state index is -0.510. The van der Waals surface area contributed by atoms with Gasteiger partial charge in [0.1, 0.15) is 5.75 Å². The van der Waals surface area contributed by atoms with Crippen molar-refractivity contribution in [3.63, 3.8) is 0 Å². The van der Waals surface area contributed by atoms with Gasteiger partial charge in [-0.2, -0.15) is 0 Å². The number of ether oxygens (including phenoxy) is 3. The molecule has 0 saturated heterocycles. The van der Waals surface area contributed by atoms with Crippen LogP contribution < -0.4 is 14.2 Å². The zero-order chi connectivity index (χ0) is 20.6. The van der Waals surface area contributed by atoms with Crippen molar-refractivity contribution in [2.45, 2.75) is 20.8 Å². The Kier molecular flexibility index (Phi) is 5.25. The molecule has 3 aromatic rings. The van der Waals surface area contributed by atoms with E-state index in [-0.39, 0.29) is 0 Å². The SMILES string of the molecule is C=C(C)C(=O)Oc1ccc2c(sc3c(OC)c(OC(=O)C(=C)C)ccc32)c1C. The van der Waals surface area contributed by atoms with Crippen LogP contribution in [0.15, 0.2) is 48.6 Å². The van der Waals surface area contributed by atoms with Gasteiger partial charge in [-0.3, -0.25) is 0 Å². The number of carbonyl (C=O) groups excluding carboxylic acids is 2. The molecule has 0 fully saturated rings. The van der Waals surface area contributed by atoms with Crippen molar-refractivity contribution < 1.29 is 23.8 Å². The highest BCUT2D eigenvalue weighted by Gasteiger charge is 2.19. The predicted octanol–water partition coefficient (Wildman–Crippen LogP) is 5.33. The molecular formula is C22H20O5S. The number of fused-ring (bicyclic) bond motifs is 3. The molecule has 0 radical (unpaired) electrons. The minimum absolute atomic E-state index is 0.304. The number of thiophene rings is 1. The minimum Gasteiger partial charge on any atom is -0.491 e. The Labute approximate surface area is 166 Å². The van der Waals surface area contributed by atoms with Gasteiger partial charge in [0.25, 0.3) is 0 Å². The molecule has 2 aromatic carbocycles. The number of aryl methyl sites for hydroxylation is 1. The van der Waals surface area contributed by atoms with Crippen molar-refractivity contribution in [2.75, 3.05) is 7.11 Å². The summed E-state index contributed by atoms with van der Waals surface area (Å²) in [6.45, 7) is 12.3. The lowest BCUT2D eigenvalue weighted by molar-refractivity contribution is -0.131. The fourth-order valence-corrected chi connectivity index (χ4v) is 4.05. The topological polar surface area (TPSA) is 61.8 Å². The maximum Gasteiger partial charge on any atom is 0.338 e. The van der Waals surface area contributed by atoms with E-state index in [9.17, 15) is 9.59 Å². The van der Waals surface area contributed by atoms with E-state index in [1.807, 2.05) is 19.1 Å². The summed E-state index contributed by atoms with van der Waals surface area (Å²) < 4.78 is 18.2. The standard InChI is InChI=1S/C22H20O5S/c1-11(2)21(23)26-16-9-7-14-15-8-10-17(27-22(24)12(3)4)18(25-6)20(15)28-19(14)13(16)5/h7-10H,1,3H2,2,4-6H3. The molecule has 6 heteroatoms. The number of hydrogen-bond donors (Lipinski definition) is 0.